The van der Waals surface area contributed by atoms with Crippen molar-refractivity contribution in [2.75, 3.05) is 13.1 Å². The summed E-state index contributed by atoms with van der Waals surface area (Å²) in [6.45, 7) is 2.20. The van der Waals surface area contributed by atoms with Crippen molar-refractivity contribution in [1.29, 1.82) is 0 Å². The van der Waals surface area contributed by atoms with Crippen molar-refractivity contribution in [3.8, 4) is 0 Å². The smallest absolute Gasteiger partial charge is 0.0996 e. The Morgan fingerprint density at radius 1 is 1.33 bits per heavy atom. The van der Waals surface area contributed by atoms with Crippen molar-refractivity contribution in [3.63, 3.8) is 0 Å². The maximum Gasteiger partial charge on any atom is 0.0996 e. The number of fused-ring (bicyclic) bond motifs is 1. The maximum absolute atomic E-state index is 4.51. The minimum absolute atomic E-state index is 0.598. The van der Waals surface area contributed by atoms with Crippen LogP contribution < -0.4 is 5.32 Å². The Kier molecular flexibility index (Phi) is 2.14. The molecular weight excluding hydrogens is 188 g/mol. The fourth-order valence-corrected chi connectivity index (χ4v) is 2.27. The molecule has 2 aromatic rings. The normalized spacial score (nSPS) is 18.4. The molecule has 15 heavy (non-hydrogen) atoms. The van der Waals surface area contributed by atoms with E-state index in [1.54, 1.807) is 6.20 Å². The Morgan fingerprint density at radius 3 is 3.07 bits per heavy atom. The first-order valence-electron chi connectivity index (χ1n) is 5.42. The Bertz CT molecular complexity index is 456. The lowest BCUT2D eigenvalue weighted by Crippen LogP contribution is -2.26. The number of hydrogen-bond acceptors (Lipinski definition) is 3. The third-order valence-corrected chi connectivity index (χ3v) is 3.10. The van der Waals surface area contributed by atoms with Gasteiger partial charge in [0.25, 0.3) is 0 Å². The van der Waals surface area contributed by atoms with Gasteiger partial charge in [-0.05, 0) is 25.9 Å². The molecule has 0 unspecified atom stereocenters. The van der Waals surface area contributed by atoms with E-state index < -0.39 is 0 Å². The molecule has 1 aliphatic rings. The highest BCUT2D eigenvalue weighted by molar-refractivity contribution is 5.51. The van der Waals surface area contributed by atoms with Crippen LogP contribution in [0, 0.1) is 0 Å². The van der Waals surface area contributed by atoms with Gasteiger partial charge in [-0.3, -0.25) is 4.98 Å². The van der Waals surface area contributed by atoms with Gasteiger partial charge in [-0.15, -0.1) is 0 Å². The van der Waals surface area contributed by atoms with Crippen molar-refractivity contribution in [2.24, 2.45) is 0 Å². The summed E-state index contributed by atoms with van der Waals surface area (Å²) >= 11 is 0. The zero-order valence-corrected chi connectivity index (χ0v) is 8.56. The van der Waals surface area contributed by atoms with Crippen molar-refractivity contribution in [2.45, 2.75) is 18.8 Å². The largest absolute Gasteiger partial charge is 0.317 e. The van der Waals surface area contributed by atoms with E-state index in [4.69, 9.17) is 0 Å². The SMILES string of the molecule is c1cn2cnc(C3CCNCC3)c2cn1. The number of hydrogen-bond donors (Lipinski definition) is 1. The van der Waals surface area contributed by atoms with Gasteiger partial charge in [-0.1, -0.05) is 0 Å². The van der Waals surface area contributed by atoms with Gasteiger partial charge in [-0.25, -0.2) is 4.98 Å². The third-order valence-electron chi connectivity index (χ3n) is 3.10. The molecule has 3 rings (SSSR count). The van der Waals surface area contributed by atoms with E-state index in [1.807, 2.05) is 23.1 Å². The van der Waals surface area contributed by atoms with Gasteiger partial charge >= 0.3 is 0 Å². The second-order valence-corrected chi connectivity index (χ2v) is 4.02. The summed E-state index contributed by atoms with van der Waals surface area (Å²) in [5, 5.41) is 3.37. The number of imidazole rings is 1. The fourth-order valence-electron chi connectivity index (χ4n) is 2.27. The molecule has 0 bridgehead atoms. The predicted molar refractivity (Wildman–Crippen MR) is 57.8 cm³/mol. The molecule has 0 radical (unpaired) electrons. The molecule has 4 heteroatoms. The number of nitrogens with zero attached hydrogens (tertiary/aromatic N) is 3. The molecule has 1 fully saturated rings. The maximum atomic E-state index is 4.51. The first-order chi connectivity index (χ1) is 7.45. The average molecular weight is 202 g/mol. The molecular formula is C11H14N4. The monoisotopic (exact) mass is 202 g/mol. The molecule has 0 saturated carbocycles. The lowest BCUT2D eigenvalue weighted by atomic mass is 9.94. The van der Waals surface area contributed by atoms with Crippen LogP contribution in [0.2, 0.25) is 0 Å². The first kappa shape index (κ1) is 8.85. The van der Waals surface area contributed by atoms with Gasteiger partial charge in [-0.2, -0.15) is 0 Å². The summed E-state index contributed by atoms with van der Waals surface area (Å²) in [6, 6.07) is 0. The van der Waals surface area contributed by atoms with Gasteiger partial charge in [0.05, 0.1) is 23.7 Å². The predicted octanol–water partition coefficient (Wildman–Crippen LogP) is 1.20. The highest BCUT2D eigenvalue weighted by atomic mass is 15.0. The molecule has 78 valence electrons. The van der Waals surface area contributed by atoms with Gasteiger partial charge in [0.2, 0.25) is 0 Å². The molecule has 0 aromatic carbocycles. The molecule has 4 nitrogen and oxygen atoms in total. The molecule has 0 aliphatic carbocycles. The lowest BCUT2D eigenvalue weighted by molar-refractivity contribution is 0.456. The topological polar surface area (TPSA) is 42.2 Å². The highest BCUT2D eigenvalue weighted by Gasteiger charge is 2.19. The lowest BCUT2D eigenvalue weighted by Gasteiger charge is -2.21. The molecule has 0 amide bonds. The Hall–Kier alpha value is -1.42. The standard InChI is InChI=1S/C11H14N4/c1-3-12-4-2-9(1)11-10-7-13-5-6-15(10)8-14-11/h5-9,12H,1-4H2. The van der Waals surface area contributed by atoms with Gasteiger partial charge in [0.15, 0.2) is 0 Å². The van der Waals surface area contributed by atoms with E-state index in [2.05, 4.69) is 15.3 Å². The summed E-state index contributed by atoms with van der Waals surface area (Å²) in [5.74, 6) is 0.598. The summed E-state index contributed by atoms with van der Waals surface area (Å²) in [7, 11) is 0. The molecule has 1 saturated heterocycles. The van der Waals surface area contributed by atoms with Crippen molar-refractivity contribution >= 4 is 5.52 Å². The number of aromatic nitrogens is 3. The minimum atomic E-state index is 0.598. The summed E-state index contributed by atoms with van der Waals surface area (Å²) in [6.07, 6.45) is 9.90. The van der Waals surface area contributed by atoms with Crippen LogP contribution in [0.4, 0.5) is 0 Å². The van der Waals surface area contributed by atoms with Crippen molar-refractivity contribution in [3.05, 3.63) is 30.6 Å². The highest BCUT2D eigenvalue weighted by Crippen LogP contribution is 2.26. The molecule has 0 atom stereocenters. The first-order valence-corrected chi connectivity index (χ1v) is 5.42. The van der Waals surface area contributed by atoms with Crippen molar-refractivity contribution < 1.29 is 0 Å². The van der Waals surface area contributed by atoms with Crippen LogP contribution >= 0.6 is 0 Å². The molecule has 1 N–H and O–H groups in total. The zero-order valence-electron chi connectivity index (χ0n) is 8.56. The van der Waals surface area contributed by atoms with Crippen molar-refractivity contribution in [1.82, 2.24) is 19.7 Å². The molecule has 3 heterocycles. The quantitative estimate of drug-likeness (QED) is 0.755. The Morgan fingerprint density at radius 2 is 2.20 bits per heavy atom. The second kappa shape index (κ2) is 3.62. The number of rotatable bonds is 1. The summed E-state index contributed by atoms with van der Waals surface area (Å²) < 4.78 is 2.05. The van der Waals surface area contributed by atoms with Gasteiger partial charge < -0.3 is 9.72 Å². The van der Waals surface area contributed by atoms with Crippen LogP contribution in [0.5, 0.6) is 0 Å². The summed E-state index contributed by atoms with van der Waals surface area (Å²) in [4.78, 5) is 8.68. The second-order valence-electron chi connectivity index (χ2n) is 4.02. The van der Waals surface area contributed by atoms with E-state index >= 15 is 0 Å². The van der Waals surface area contributed by atoms with E-state index in [9.17, 15) is 0 Å². The van der Waals surface area contributed by atoms with Gasteiger partial charge in [0.1, 0.15) is 0 Å². The zero-order chi connectivity index (χ0) is 10.1. The Labute approximate surface area is 88.4 Å². The van der Waals surface area contributed by atoms with E-state index in [0.717, 1.165) is 18.6 Å². The van der Waals surface area contributed by atoms with E-state index in [1.165, 1.54) is 18.5 Å². The van der Waals surface area contributed by atoms with E-state index in [0.29, 0.717) is 5.92 Å². The van der Waals surface area contributed by atoms with Crippen LogP contribution in [-0.4, -0.2) is 27.5 Å². The van der Waals surface area contributed by atoms with Crippen LogP contribution in [-0.2, 0) is 0 Å². The van der Waals surface area contributed by atoms with Crippen LogP contribution in [0.3, 0.4) is 0 Å². The van der Waals surface area contributed by atoms with Crippen LogP contribution in [0.1, 0.15) is 24.5 Å². The molecule has 2 aromatic heterocycles. The van der Waals surface area contributed by atoms with E-state index in [-0.39, 0.29) is 0 Å². The molecule has 0 spiro atoms. The summed E-state index contributed by atoms with van der Waals surface area (Å²) in [5.41, 5.74) is 2.37. The minimum Gasteiger partial charge on any atom is -0.317 e. The van der Waals surface area contributed by atoms with Crippen LogP contribution in [0.25, 0.3) is 5.52 Å². The van der Waals surface area contributed by atoms with Crippen LogP contribution in [0.15, 0.2) is 24.9 Å². The van der Waals surface area contributed by atoms with Gasteiger partial charge in [0, 0.05) is 18.3 Å². The number of piperidine rings is 1. The molecule has 1 aliphatic heterocycles. The third kappa shape index (κ3) is 1.51. The average Bonchev–Trinajstić information content (AvgIpc) is 2.74. The fraction of sp³-hybridized carbons (Fsp3) is 0.455. The Balaban J connectivity index is 2.02. The number of nitrogens with one attached hydrogen (secondary N) is 1.